The van der Waals surface area contributed by atoms with Crippen molar-refractivity contribution in [3.8, 4) is 0 Å². The van der Waals surface area contributed by atoms with E-state index in [1.807, 2.05) is 4.98 Å². The first-order valence-corrected chi connectivity index (χ1v) is 7.33. The number of anilines is 1. The van der Waals surface area contributed by atoms with Gasteiger partial charge in [0.15, 0.2) is 4.90 Å². The third kappa shape index (κ3) is 3.03. The van der Waals surface area contributed by atoms with E-state index in [0.717, 1.165) is 6.20 Å². The zero-order chi connectivity index (χ0) is 14.9. The van der Waals surface area contributed by atoms with Gasteiger partial charge in [-0.15, -0.1) is 0 Å². The molecule has 0 saturated heterocycles. The molecule has 0 radical (unpaired) electrons. The largest absolute Gasteiger partial charge is 0.325 e. The summed E-state index contributed by atoms with van der Waals surface area (Å²) in [6.07, 6.45) is 0.794. The number of hydrogen-bond acceptors (Lipinski definition) is 4. The second kappa shape index (κ2) is 5.31. The standard InChI is InChI=1S/C10H7Cl2N3O4S/c11-5-1-2-6(12)7(3-5)15-20(18,19)8-4-13-10(17)14-9(8)16/h1-4,15H,(H2,13,14,16,17). The lowest BCUT2D eigenvalue weighted by Crippen LogP contribution is -2.29. The van der Waals surface area contributed by atoms with Crippen molar-refractivity contribution in [2.24, 2.45) is 0 Å². The van der Waals surface area contributed by atoms with Crippen molar-refractivity contribution in [1.29, 1.82) is 0 Å². The average molecular weight is 336 g/mol. The van der Waals surface area contributed by atoms with Crippen LogP contribution in [0.25, 0.3) is 0 Å². The third-order valence-corrected chi connectivity index (χ3v) is 4.18. The molecule has 0 fully saturated rings. The Morgan fingerprint density at radius 1 is 1.15 bits per heavy atom. The van der Waals surface area contributed by atoms with Gasteiger partial charge in [0.25, 0.3) is 15.6 Å². The summed E-state index contributed by atoms with van der Waals surface area (Å²) in [5, 5.41) is 0.376. The van der Waals surface area contributed by atoms with Crippen LogP contribution in [0, 0.1) is 0 Å². The van der Waals surface area contributed by atoms with Crippen molar-refractivity contribution in [2.45, 2.75) is 4.90 Å². The van der Waals surface area contributed by atoms with Gasteiger partial charge in [-0.3, -0.25) is 14.5 Å². The van der Waals surface area contributed by atoms with Gasteiger partial charge in [-0.05, 0) is 18.2 Å². The predicted molar refractivity (Wildman–Crippen MR) is 75.0 cm³/mol. The van der Waals surface area contributed by atoms with Gasteiger partial charge in [-0.25, -0.2) is 13.2 Å². The summed E-state index contributed by atoms with van der Waals surface area (Å²) >= 11 is 11.6. The normalized spacial score (nSPS) is 11.3. The molecule has 3 N–H and O–H groups in total. The molecule has 1 heterocycles. The van der Waals surface area contributed by atoms with Crippen molar-refractivity contribution in [3.63, 3.8) is 0 Å². The summed E-state index contributed by atoms with van der Waals surface area (Å²) in [4.78, 5) is 25.6. The number of halogens is 2. The number of nitrogens with one attached hydrogen (secondary N) is 3. The first-order valence-electron chi connectivity index (χ1n) is 5.09. The van der Waals surface area contributed by atoms with E-state index in [-0.39, 0.29) is 15.7 Å². The van der Waals surface area contributed by atoms with Crippen molar-refractivity contribution < 1.29 is 8.42 Å². The molecule has 1 aromatic carbocycles. The molecule has 0 spiro atoms. The summed E-state index contributed by atoms with van der Waals surface area (Å²) in [7, 11) is -4.21. The lowest BCUT2D eigenvalue weighted by Gasteiger charge is -2.09. The fraction of sp³-hybridized carbons (Fsp3) is 0. The van der Waals surface area contributed by atoms with Gasteiger partial charge in [0.2, 0.25) is 0 Å². The number of aromatic amines is 2. The Kier molecular flexibility index (Phi) is 3.89. The highest BCUT2D eigenvalue weighted by Crippen LogP contribution is 2.27. The molecule has 2 aromatic rings. The van der Waals surface area contributed by atoms with Crippen LogP contribution in [0.15, 0.2) is 38.9 Å². The predicted octanol–water partition coefficient (Wildman–Crippen LogP) is 1.17. The number of H-pyrrole nitrogens is 2. The zero-order valence-electron chi connectivity index (χ0n) is 9.61. The number of sulfonamides is 1. The van der Waals surface area contributed by atoms with Gasteiger partial charge in [-0.1, -0.05) is 23.2 Å². The van der Waals surface area contributed by atoms with Crippen LogP contribution in [0.4, 0.5) is 5.69 Å². The summed E-state index contributed by atoms with van der Waals surface area (Å²) < 4.78 is 26.2. The Balaban J connectivity index is 2.49. The summed E-state index contributed by atoms with van der Waals surface area (Å²) in [6, 6.07) is 4.18. The highest BCUT2D eigenvalue weighted by atomic mass is 35.5. The molecular formula is C10H7Cl2N3O4S. The molecule has 2 rings (SSSR count). The molecule has 7 nitrogen and oxygen atoms in total. The van der Waals surface area contributed by atoms with Crippen LogP contribution in [0.2, 0.25) is 10.0 Å². The fourth-order valence-corrected chi connectivity index (χ4v) is 2.84. The SMILES string of the molecule is O=c1[nH]cc(S(=O)(=O)Nc2cc(Cl)ccc2Cl)c(=O)[nH]1. The summed E-state index contributed by atoms with van der Waals surface area (Å²) in [5.41, 5.74) is -1.83. The van der Waals surface area contributed by atoms with Crippen molar-refractivity contribution >= 4 is 38.9 Å². The second-order valence-corrected chi connectivity index (χ2v) is 6.16. The van der Waals surface area contributed by atoms with E-state index in [1.165, 1.54) is 18.2 Å². The van der Waals surface area contributed by atoms with Gasteiger partial charge in [0.05, 0.1) is 10.7 Å². The maximum atomic E-state index is 12.0. The molecule has 0 bridgehead atoms. The van der Waals surface area contributed by atoms with Crippen LogP contribution < -0.4 is 16.0 Å². The first-order chi connectivity index (χ1) is 9.29. The molecule has 0 aliphatic heterocycles. The van der Waals surface area contributed by atoms with Crippen molar-refractivity contribution in [1.82, 2.24) is 9.97 Å². The Morgan fingerprint density at radius 3 is 2.50 bits per heavy atom. The maximum Gasteiger partial charge on any atom is 0.325 e. The molecule has 0 atom stereocenters. The Labute approximate surface area is 122 Å². The van der Waals surface area contributed by atoms with E-state index in [0.29, 0.717) is 0 Å². The smallest absolute Gasteiger partial charge is 0.313 e. The molecule has 0 aliphatic carbocycles. The second-order valence-electron chi connectivity index (χ2n) is 3.67. The van der Waals surface area contributed by atoms with Gasteiger partial charge in [0, 0.05) is 11.2 Å². The molecule has 10 heteroatoms. The maximum absolute atomic E-state index is 12.0. The number of rotatable bonds is 3. The van der Waals surface area contributed by atoms with Crippen LogP contribution in [0.1, 0.15) is 0 Å². The Morgan fingerprint density at radius 2 is 1.85 bits per heavy atom. The number of benzene rings is 1. The lowest BCUT2D eigenvalue weighted by atomic mass is 10.3. The van der Waals surface area contributed by atoms with Gasteiger partial charge < -0.3 is 4.98 Å². The topological polar surface area (TPSA) is 112 Å². The monoisotopic (exact) mass is 335 g/mol. The van der Waals surface area contributed by atoms with E-state index < -0.39 is 26.2 Å². The minimum absolute atomic E-state index is 0.0183. The van der Waals surface area contributed by atoms with E-state index in [2.05, 4.69) is 9.71 Å². The highest BCUT2D eigenvalue weighted by molar-refractivity contribution is 7.92. The van der Waals surface area contributed by atoms with Crippen molar-refractivity contribution in [3.05, 3.63) is 55.3 Å². The lowest BCUT2D eigenvalue weighted by molar-refractivity contribution is 0.599. The van der Waals surface area contributed by atoms with Crippen LogP contribution >= 0.6 is 23.2 Å². The van der Waals surface area contributed by atoms with Crippen LogP contribution in [-0.2, 0) is 10.0 Å². The van der Waals surface area contributed by atoms with E-state index >= 15 is 0 Å². The van der Waals surface area contributed by atoms with E-state index in [1.54, 1.807) is 0 Å². The van der Waals surface area contributed by atoms with Gasteiger partial charge in [-0.2, -0.15) is 0 Å². The Hall–Kier alpha value is -1.77. The Bertz CT molecular complexity index is 873. The molecule has 0 saturated carbocycles. The summed E-state index contributed by atoms with van der Waals surface area (Å²) in [5.74, 6) is 0. The van der Waals surface area contributed by atoms with Crippen LogP contribution in [0.5, 0.6) is 0 Å². The molecule has 1 aromatic heterocycles. The molecule has 0 aliphatic rings. The van der Waals surface area contributed by atoms with E-state index in [4.69, 9.17) is 23.2 Å². The van der Waals surface area contributed by atoms with E-state index in [9.17, 15) is 18.0 Å². The number of aromatic nitrogens is 2. The van der Waals surface area contributed by atoms with Gasteiger partial charge >= 0.3 is 5.69 Å². The minimum Gasteiger partial charge on any atom is -0.313 e. The molecule has 106 valence electrons. The summed E-state index contributed by atoms with van der Waals surface area (Å²) in [6.45, 7) is 0. The molecule has 0 amide bonds. The highest BCUT2D eigenvalue weighted by Gasteiger charge is 2.20. The average Bonchev–Trinajstić information content (AvgIpc) is 2.33. The number of hydrogen-bond donors (Lipinski definition) is 3. The molecular weight excluding hydrogens is 329 g/mol. The van der Waals surface area contributed by atoms with Crippen LogP contribution in [-0.4, -0.2) is 18.4 Å². The quantitative estimate of drug-likeness (QED) is 0.781. The zero-order valence-corrected chi connectivity index (χ0v) is 11.9. The van der Waals surface area contributed by atoms with Crippen molar-refractivity contribution in [2.75, 3.05) is 4.72 Å². The molecule has 20 heavy (non-hydrogen) atoms. The fourth-order valence-electron chi connectivity index (χ4n) is 1.37. The third-order valence-electron chi connectivity index (χ3n) is 2.25. The first kappa shape index (κ1) is 14.6. The van der Waals surface area contributed by atoms with Crippen LogP contribution in [0.3, 0.4) is 0 Å². The molecule has 0 unspecified atom stereocenters. The van der Waals surface area contributed by atoms with Gasteiger partial charge in [0.1, 0.15) is 0 Å². The minimum atomic E-state index is -4.21.